The van der Waals surface area contributed by atoms with E-state index in [2.05, 4.69) is 22.2 Å². The normalized spacial score (nSPS) is 18.2. The molecule has 5 nitrogen and oxygen atoms in total. The Morgan fingerprint density at radius 1 is 1.29 bits per heavy atom. The van der Waals surface area contributed by atoms with Crippen LogP contribution in [0.3, 0.4) is 0 Å². The second-order valence-electron chi connectivity index (χ2n) is 4.59. The van der Waals surface area contributed by atoms with E-state index in [0.717, 1.165) is 45.7 Å². The van der Waals surface area contributed by atoms with Crippen molar-refractivity contribution >= 4 is 5.91 Å². The van der Waals surface area contributed by atoms with Crippen LogP contribution in [0.5, 0.6) is 0 Å². The van der Waals surface area contributed by atoms with Gasteiger partial charge in [0.05, 0.1) is 0 Å². The molecule has 1 fully saturated rings. The largest absolute Gasteiger partial charge is 0.385 e. The van der Waals surface area contributed by atoms with Crippen LogP contribution in [-0.2, 0) is 9.53 Å². The van der Waals surface area contributed by atoms with Crippen LogP contribution in [0.4, 0.5) is 0 Å². The molecule has 1 saturated heterocycles. The number of hydrogen-bond donors (Lipinski definition) is 1. The van der Waals surface area contributed by atoms with E-state index in [9.17, 15) is 4.79 Å². The molecule has 1 heterocycles. The first kappa shape index (κ1) is 14.4. The summed E-state index contributed by atoms with van der Waals surface area (Å²) < 4.78 is 4.92. The number of likely N-dealkylation sites (N-methyl/N-ethyl adjacent to an activating group) is 1. The number of piperazine rings is 1. The minimum atomic E-state index is 0.153. The predicted octanol–water partition coefficient (Wildman–Crippen LogP) is -0.223. The Kier molecular flexibility index (Phi) is 7.16. The van der Waals surface area contributed by atoms with Crippen molar-refractivity contribution in [2.75, 3.05) is 60.0 Å². The van der Waals surface area contributed by atoms with E-state index in [-0.39, 0.29) is 5.91 Å². The molecule has 0 saturated carbocycles. The van der Waals surface area contributed by atoms with E-state index in [0.29, 0.717) is 13.0 Å². The predicted molar refractivity (Wildman–Crippen MR) is 68.1 cm³/mol. The van der Waals surface area contributed by atoms with Crippen molar-refractivity contribution in [1.82, 2.24) is 15.1 Å². The molecule has 17 heavy (non-hydrogen) atoms. The summed E-state index contributed by atoms with van der Waals surface area (Å²) in [7, 11) is 3.81. The lowest BCUT2D eigenvalue weighted by molar-refractivity contribution is -0.121. The highest BCUT2D eigenvalue weighted by Crippen LogP contribution is 1.99. The number of hydrogen-bond acceptors (Lipinski definition) is 4. The molecule has 0 aromatic rings. The molecule has 0 spiro atoms. The van der Waals surface area contributed by atoms with Crippen molar-refractivity contribution in [2.24, 2.45) is 0 Å². The smallest absolute Gasteiger partial charge is 0.221 e. The van der Waals surface area contributed by atoms with Crippen molar-refractivity contribution in [2.45, 2.75) is 12.8 Å². The number of carbonyl (C=O) groups excluding carboxylic acids is 1. The molecular weight excluding hydrogens is 218 g/mol. The van der Waals surface area contributed by atoms with Gasteiger partial charge in [-0.2, -0.15) is 0 Å². The topological polar surface area (TPSA) is 44.8 Å². The van der Waals surface area contributed by atoms with Gasteiger partial charge in [0.2, 0.25) is 5.91 Å². The number of nitrogens with one attached hydrogen (secondary N) is 1. The molecule has 100 valence electrons. The Labute approximate surface area is 104 Å². The minimum Gasteiger partial charge on any atom is -0.385 e. The summed E-state index contributed by atoms with van der Waals surface area (Å²) in [5, 5.41) is 2.91. The second kappa shape index (κ2) is 8.44. The van der Waals surface area contributed by atoms with E-state index in [4.69, 9.17) is 4.74 Å². The molecular formula is C12H25N3O2. The molecule has 0 aromatic carbocycles. The van der Waals surface area contributed by atoms with E-state index in [1.165, 1.54) is 0 Å². The molecule has 5 heteroatoms. The maximum absolute atomic E-state index is 11.5. The van der Waals surface area contributed by atoms with Crippen molar-refractivity contribution < 1.29 is 9.53 Å². The molecule has 1 aliphatic heterocycles. The Hall–Kier alpha value is -0.650. The second-order valence-corrected chi connectivity index (χ2v) is 4.59. The number of amides is 1. The van der Waals surface area contributed by atoms with E-state index in [1.54, 1.807) is 7.11 Å². The van der Waals surface area contributed by atoms with Crippen molar-refractivity contribution in [3.63, 3.8) is 0 Å². The quantitative estimate of drug-likeness (QED) is 0.628. The van der Waals surface area contributed by atoms with E-state index >= 15 is 0 Å². The van der Waals surface area contributed by atoms with Crippen LogP contribution in [0.15, 0.2) is 0 Å². The van der Waals surface area contributed by atoms with Crippen LogP contribution in [0, 0.1) is 0 Å². The van der Waals surface area contributed by atoms with Gasteiger partial charge >= 0.3 is 0 Å². The monoisotopic (exact) mass is 243 g/mol. The Morgan fingerprint density at radius 3 is 2.65 bits per heavy atom. The standard InChI is InChI=1S/C12H25N3O2/c1-14-7-9-15(10-8-14)6-4-12(16)13-5-3-11-17-2/h3-11H2,1-2H3,(H,13,16). The van der Waals surface area contributed by atoms with Crippen molar-refractivity contribution in [3.8, 4) is 0 Å². The van der Waals surface area contributed by atoms with Crippen molar-refractivity contribution in [1.29, 1.82) is 0 Å². The van der Waals surface area contributed by atoms with Gasteiger partial charge in [-0.1, -0.05) is 0 Å². The number of methoxy groups -OCH3 is 1. The maximum Gasteiger partial charge on any atom is 0.221 e. The maximum atomic E-state index is 11.5. The Balaban J connectivity index is 1.99. The summed E-state index contributed by atoms with van der Waals surface area (Å²) in [4.78, 5) is 16.2. The molecule has 1 N–H and O–H groups in total. The fourth-order valence-electron chi connectivity index (χ4n) is 1.86. The highest BCUT2D eigenvalue weighted by molar-refractivity contribution is 5.75. The fraction of sp³-hybridized carbons (Fsp3) is 0.917. The van der Waals surface area contributed by atoms with Gasteiger partial charge in [-0.3, -0.25) is 4.79 Å². The lowest BCUT2D eigenvalue weighted by atomic mass is 10.3. The first-order valence-corrected chi connectivity index (χ1v) is 6.39. The van der Waals surface area contributed by atoms with Crippen LogP contribution in [0.25, 0.3) is 0 Å². The highest BCUT2D eigenvalue weighted by atomic mass is 16.5. The molecule has 0 radical (unpaired) electrons. The molecule has 1 aliphatic rings. The first-order chi connectivity index (χ1) is 8.22. The summed E-state index contributed by atoms with van der Waals surface area (Å²) in [6, 6.07) is 0. The van der Waals surface area contributed by atoms with Gasteiger partial charge in [-0.05, 0) is 13.5 Å². The first-order valence-electron chi connectivity index (χ1n) is 6.39. The lowest BCUT2D eigenvalue weighted by Gasteiger charge is -2.32. The molecule has 1 amide bonds. The zero-order valence-electron chi connectivity index (χ0n) is 11.1. The zero-order chi connectivity index (χ0) is 12.5. The van der Waals surface area contributed by atoms with Gasteiger partial charge in [-0.25, -0.2) is 0 Å². The third kappa shape index (κ3) is 6.61. The molecule has 0 aromatic heterocycles. The third-order valence-corrected chi connectivity index (χ3v) is 3.10. The molecule has 0 aliphatic carbocycles. The zero-order valence-corrected chi connectivity index (χ0v) is 11.1. The summed E-state index contributed by atoms with van der Waals surface area (Å²) >= 11 is 0. The van der Waals surface area contributed by atoms with Crippen LogP contribution < -0.4 is 5.32 Å². The van der Waals surface area contributed by atoms with E-state index in [1.807, 2.05) is 0 Å². The summed E-state index contributed by atoms with van der Waals surface area (Å²) in [5.74, 6) is 0.153. The minimum absolute atomic E-state index is 0.153. The van der Waals surface area contributed by atoms with Crippen LogP contribution in [0.2, 0.25) is 0 Å². The highest BCUT2D eigenvalue weighted by Gasteiger charge is 2.14. The number of nitrogens with zero attached hydrogens (tertiary/aromatic N) is 2. The fourth-order valence-corrected chi connectivity index (χ4v) is 1.86. The summed E-state index contributed by atoms with van der Waals surface area (Å²) in [6.07, 6.45) is 1.49. The molecule has 0 bridgehead atoms. The number of carbonyl (C=O) groups is 1. The van der Waals surface area contributed by atoms with Gasteiger partial charge in [0.25, 0.3) is 0 Å². The summed E-state index contributed by atoms with van der Waals surface area (Å²) in [5.41, 5.74) is 0. The molecule has 1 rings (SSSR count). The molecule has 0 atom stereocenters. The third-order valence-electron chi connectivity index (χ3n) is 3.10. The van der Waals surface area contributed by atoms with Gasteiger partial charge in [0.1, 0.15) is 0 Å². The molecule has 0 unspecified atom stereocenters. The van der Waals surface area contributed by atoms with Crippen LogP contribution in [-0.4, -0.2) is 75.7 Å². The van der Waals surface area contributed by atoms with Gasteiger partial charge < -0.3 is 19.9 Å². The number of rotatable bonds is 7. The SMILES string of the molecule is COCCCNC(=O)CCN1CCN(C)CC1. The number of ether oxygens (including phenoxy) is 1. The average Bonchev–Trinajstić information content (AvgIpc) is 2.34. The Morgan fingerprint density at radius 2 is 2.00 bits per heavy atom. The van der Waals surface area contributed by atoms with Crippen molar-refractivity contribution in [3.05, 3.63) is 0 Å². The van der Waals surface area contributed by atoms with Gasteiger partial charge in [-0.15, -0.1) is 0 Å². The van der Waals surface area contributed by atoms with Crippen LogP contribution >= 0.6 is 0 Å². The van der Waals surface area contributed by atoms with Gasteiger partial charge in [0, 0.05) is 59.4 Å². The Bertz CT molecular complexity index is 216. The summed E-state index contributed by atoms with van der Waals surface area (Å²) in [6.45, 7) is 6.67. The van der Waals surface area contributed by atoms with Gasteiger partial charge in [0.15, 0.2) is 0 Å². The lowest BCUT2D eigenvalue weighted by Crippen LogP contribution is -2.45. The van der Waals surface area contributed by atoms with Crippen LogP contribution in [0.1, 0.15) is 12.8 Å². The van der Waals surface area contributed by atoms with E-state index < -0.39 is 0 Å². The average molecular weight is 243 g/mol.